The van der Waals surface area contributed by atoms with E-state index in [1.165, 1.54) is 23.1 Å². The first-order chi connectivity index (χ1) is 9.95. The Kier molecular flexibility index (Phi) is 5.75. The van der Waals surface area contributed by atoms with Crippen LogP contribution in [-0.2, 0) is 4.43 Å². The fourth-order valence-corrected chi connectivity index (χ4v) is 2.67. The van der Waals surface area contributed by atoms with Crippen molar-refractivity contribution >= 4 is 19.9 Å². The monoisotopic (exact) mass is 326 g/mol. The number of likely N-dealkylation sites (N-methyl/N-ethyl adjacent to an activating group) is 1. The predicted octanol–water partition coefficient (Wildman–Crippen LogP) is 3.50. The Balaban J connectivity index is 2.60. The lowest BCUT2D eigenvalue weighted by Gasteiger charge is -2.36. The highest BCUT2D eigenvalue weighted by atomic mass is 28.4. The normalized spacial score (nSPS) is 12.3. The van der Waals surface area contributed by atoms with E-state index in [-0.39, 0.29) is 16.6 Å². The predicted molar refractivity (Wildman–Crippen MR) is 90.9 cm³/mol. The van der Waals surface area contributed by atoms with Crippen LogP contribution in [0.5, 0.6) is 0 Å². The summed E-state index contributed by atoms with van der Waals surface area (Å²) in [5, 5.41) is 0.135. The van der Waals surface area contributed by atoms with E-state index in [4.69, 9.17) is 10.2 Å². The second-order valence-corrected chi connectivity index (χ2v) is 11.9. The third kappa shape index (κ3) is 4.54. The van der Waals surface area contributed by atoms with Crippen molar-refractivity contribution in [3.05, 3.63) is 29.6 Å². The van der Waals surface area contributed by atoms with Gasteiger partial charge in [-0.15, -0.1) is 0 Å². The van der Waals surface area contributed by atoms with Crippen molar-refractivity contribution < 1.29 is 13.6 Å². The molecule has 4 nitrogen and oxygen atoms in total. The van der Waals surface area contributed by atoms with Crippen LogP contribution in [0.2, 0.25) is 18.1 Å². The number of carbonyl (C=O) groups is 1. The Hall–Kier alpha value is -1.40. The Morgan fingerprint density at radius 2 is 1.95 bits per heavy atom. The fraction of sp³-hybridized carbons (Fsp3) is 0.562. The van der Waals surface area contributed by atoms with Gasteiger partial charge in [-0.2, -0.15) is 0 Å². The number of anilines is 1. The molecule has 0 atom stereocenters. The van der Waals surface area contributed by atoms with Gasteiger partial charge in [0.05, 0.1) is 12.3 Å². The molecule has 1 rings (SSSR count). The SMILES string of the molecule is CN(CCO[Si](C)(C)C(C)(C)C)C(=O)c1ccc(N)c(F)c1. The first-order valence-corrected chi connectivity index (χ1v) is 10.3. The number of nitrogen functional groups attached to an aromatic ring is 1. The van der Waals surface area contributed by atoms with Crippen molar-refractivity contribution in [1.82, 2.24) is 4.90 Å². The Morgan fingerprint density at radius 3 is 2.45 bits per heavy atom. The Labute approximate surface area is 133 Å². The molecule has 1 aromatic carbocycles. The van der Waals surface area contributed by atoms with Crippen molar-refractivity contribution in [1.29, 1.82) is 0 Å². The van der Waals surface area contributed by atoms with Gasteiger partial charge in [-0.3, -0.25) is 4.79 Å². The number of amides is 1. The van der Waals surface area contributed by atoms with E-state index < -0.39 is 14.1 Å². The highest BCUT2D eigenvalue weighted by Crippen LogP contribution is 2.36. The highest BCUT2D eigenvalue weighted by molar-refractivity contribution is 6.74. The minimum Gasteiger partial charge on any atom is -0.415 e. The summed E-state index contributed by atoms with van der Waals surface area (Å²) in [7, 11) is -0.131. The number of carbonyl (C=O) groups excluding carboxylic acids is 1. The third-order valence-electron chi connectivity index (χ3n) is 4.29. The molecule has 0 bridgehead atoms. The van der Waals surface area contributed by atoms with Crippen molar-refractivity contribution in [3.8, 4) is 0 Å². The van der Waals surface area contributed by atoms with Crippen molar-refractivity contribution in [2.45, 2.75) is 38.9 Å². The Bertz CT molecular complexity index is 541. The summed E-state index contributed by atoms with van der Waals surface area (Å²) in [6, 6.07) is 4.11. The van der Waals surface area contributed by atoms with E-state index >= 15 is 0 Å². The van der Waals surface area contributed by atoms with E-state index in [0.29, 0.717) is 18.7 Å². The van der Waals surface area contributed by atoms with Gasteiger partial charge in [-0.25, -0.2) is 4.39 Å². The first-order valence-electron chi connectivity index (χ1n) is 7.40. The van der Waals surface area contributed by atoms with Crippen LogP contribution in [0.25, 0.3) is 0 Å². The van der Waals surface area contributed by atoms with Gasteiger partial charge in [0, 0.05) is 19.2 Å². The molecule has 0 radical (unpaired) electrons. The van der Waals surface area contributed by atoms with Crippen LogP contribution in [0.1, 0.15) is 31.1 Å². The van der Waals surface area contributed by atoms with E-state index in [1.54, 1.807) is 7.05 Å². The molecule has 0 saturated heterocycles. The molecule has 0 unspecified atom stereocenters. The van der Waals surface area contributed by atoms with Crippen LogP contribution in [0.15, 0.2) is 18.2 Å². The number of halogens is 1. The van der Waals surface area contributed by atoms with Gasteiger partial charge in [0.25, 0.3) is 5.91 Å². The van der Waals surface area contributed by atoms with Crippen LogP contribution in [0.4, 0.5) is 10.1 Å². The number of benzene rings is 1. The standard InChI is InChI=1S/C16H27FN2O2Si/c1-16(2,3)22(5,6)21-10-9-19(4)15(20)12-7-8-14(18)13(17)11-12/h7-8,11H,9-10,18H2,1-6H3. The van der Waals surface area contributed by atoms with E-state index in [0.717, 1.165) is 0 Å². The van der Waals surface area contributed by atoms with Crippen LogP contribution in [0.3, 0.4) is 0 Å². The maximum Gasteiger partial charge on any atom is 0.253 e. The summed E-state index contributed by atoms with van der Waals surface area (Å²) < 4.78 is 19.5. The molecule has 0 saturated carbocycles. The van der Waals surface area contributed by atoms with Gasteiger partial charge in [0.1, 0.15) is 5.82 Å². The van der Waals surface area contributed by atoms with Gasteiger partial charge in [-0.1, -0.05) is 20.8 Å². The minimum absolute atomic E-state index is 0.0421. The molecule has 0 aliphatic carbocycles. The molecule has 1 aromatic rings. The molecule has 0 aliphatic heterocycles. The lowest BCUT2D eigenvalue weighted by Crippen LogP contribution is -2.43. The number of hydrogen-bond donors (Lipinski definition) is 1. The number of nitrogens with zero attached hydrogens (tertiary/aromatic N) is 1. The molecule has 0 spiro atoms. The average molecular weight is 326 g/mol. The maximum atomic E-state index is 13.4. The summed E-state index contributed by atoms with van der Waals surface area (Å²) in [5.41, 5.74) is 5.75. The van der Waals surface area contributed by atoms with Gasteiger partial charge in [0.2, 0.25) is 0 Å². The van der Waals surface area contributed by atoms with Crippen LogP contribution in [-0.4, -0.2) is 39.3 Å². The summed E-state index contributed by atoms with van der Waals surface area (Å²) in [6.45, 7) is 11.8. The number of hydrogen-bond acceptors (Lipinski definition) is 3. The zero-order valence-corrected chi connectivity index (χ0v) is 15.4. The molecular weight excluding hydrogens is 299 g/mol. The van der Waals surface area contributed by atoms with Crippen LogP contribution in [0, 0.1) is 5.82 Å². The summed E-state index contributed by atoms with van der Waals surface area (Å²) in [4.78, 5) is 13.8. The van der Waals surface area contributed by atoms with Crippen molar-refractivity contribution in [2.24, 2.45) is 0 Å². The van der Waals surface area contributed by atoms with Gasteiger partial charge >= 0.3 is 0 Å². The first kappa shape index (κ1) is 18.6. The number of nitrogens with two attached hydrogens (primary N) is 1. The molecule has 0 aliphatic rings. The lowest BCUT2D eigenvalue weighted by atomic mass is 10.2. The number of rotatable bonds is 5. The minimum atomic E-state index is -1.82. The summed E-state index contributed by atoms with van der Waals surface area (Å²) in [6.07, 6.45) is 0. The largest absolute Gasteiger partial charge is 0.415 e. The van der Waals surface area contributed by atoms with E-state index in [2.05, 4.69) is 33.9 Å². The average Bonchev–Trinajstić information content (AvgIpc) is 2.39. The second kappa shape index (κ2) is 6.79. The smallest absolute Gasteiger partial charge is 0.253 e. The van der Waals surface area contributed by atoms with Gasteiger partial charge in [-0.05, 0) is 36.3 Å². The van der Waals surface area contributed by atoms with E-state index in [9.17, 15) is 9.18 Å². The third-order valence-corrected chi connectivity index (χ3v) is 8.83. The molecule has 124 valence electrons. The molecule has 2 N–H and O–H groups in total. The van der Waals surface area contributed by atoms with Crippen molar-refractivity contribution in [3.63, 3.8) is 0 Å². The molecular formula is C16H27FN2O2Si. The molecule has 1 amide bonds. The molecule has 0 aromatic heterocycles. The molecule has 22 heavy (non-hydrogen) atoms. The summed E-state index contributed by atoms with van der Waals surface area (Å²) in [5.74, 6) is -0.811. The van der Waals surface area contributed by atoms with Crippen molar-refractivity contribution in [2.75, 3.05) is 25.9 Å². The fourth-order valence-electron chi connectivity index (χ4n) is 1.64. The summed E-state index contributed by atoms with van der Waals surface area (Å²) >= 11 is 0. The van der Waals surface area contributed by atoms with E-state index in [1.807, 2.05) is 0 Å². The topological polar surface area (TPSA) is 55.6 Å². The zero-order chi connectivity index (χ0) is 17.1. The Morgan fingerprint density at radius 1 is 1.36 bits per heavy atom. The molecule has 0 heterocycles. The maximum absolute atomic E-state index is 13.4. The zero-order valence-electron chi connectivity index (χ0n) is 14.4. The second-order valence-electron chi connectivity index (χ2n) is 7.07. The van der Waals surface area contributed by atoms with Crippen LogP contribution >= 0.6 is 0 Å². The molecule has 0 fully saturated rings. The quantitative estimate of drug-likeness (QED) is 0.665. The highest BCUT2D eigenvalue weighted by Gasteiger charge is 2.37. The molecule has 6 heteroatoms. The van der Waals surface area contributed by atoms with Crippen LogP contribution < -0.4 is 5.73 Å². The van der Waals surface area contributed by atoms with Gasteiger partial charge in [0.15, 0.2) is 8.32 Å². The van der Waals surface area contributed by atoms with Gasteiger partial charge < -0.3 is 15.1 Å². The lowest BCUT2D eigenvalue weighted by molar-refractivity contribution is 0.0769.